The third-order valence-electron chi connectivity index (χ3n) is 6.17. The molecule has 0 saturated carbocycles. The van der Waals surface area contributed by atoms with Crippen LogP contribution in [0.15, 0.2) is 0 Å². The Morgan fingerprint density at radius 2 is 1.58 bits per heavy atom. The van der Waals surface area contributed by atoms with Crippen LogP contribution in [0.5, 0.6) is 0 Å². The molecule has 1 aliphatic heterocycles. The average Bonchev–Trinajstić information content (AvgIpc) is 2.73. The van der Waals surface area contributed by atoms with Crippen molar-refractivity contribution in [2.75, 3.05) is 6.54 Å². The number of carbonyl (C=O) groups is 1. The van der Waals surface area contributed by atoms with Crippen molar-refractivity contribution in [2.45, 2.75) is 148 Å². The summed E-state index contributed by atoms with van der Waals surface area (Å²) in [7, 11) is 0. The summed E-state index contributed by atoms with van der Waals surface area (Å²) >= 11 is 0. The van der Waals surface area contributed by atoms with Crippen LogP contribution >= 0.6 is 0 Å². The minimum Gasteiger partial charge on any atom is -0.390 e. The lowest BCUT2D eigenvalue weighted by molar-refractivity contribution is -0.273. The Kier molecular flexibility index (Phi) is 16.3. The van der Waals surface area contributed by atoms with Gasteiger partial charge in [-0.15, -0.1) is 0 Å². The second kappa shape index (κ2) is 17.8. The van der Waals surface area contributed by atoms with Crippen LogP contribution in [0, 0.1) is 0 Å². The number of aliphatic hydroxyl groups excluding tert-OH is 2. The Morgan fingerprint density at radius 3 is 2.23 bits per heavy atom. The fraction of sp³-hybridized carbons (Fsp3) is 0.960. The zero-order valence-corrected chi connectivity index (χ0v) is 20.3. The summed E-state index contributed by atoms with van der Waals surface area (Å²) in [5, 5.41) is 22.7. The second-order valence-corrected chi connectivity index (χ2v) is 9.30. The molecule has 6 nitrogen and oxygen atoms in total. The number of hydrogen-bond acceptors (Lipinski definition) is 5. The minimum absolute atomic E-state index is 0.0585. The highest BCUT2D eigenvalue weighted by Crippen LogP contribution is 2.23. The number of hydrogen-bond donors (Lipinski definition) is 3. The molecule has 0 aliphatic carbocycles. The lowest BCUT2D eigenvalue weighted by atomic mass is 10.0. The number of unbranched alkanes of at least 4 members (excludes halogenated alkanes) is 10. The van der Waals surface area contributed by atoms with Gasteiger partial charge in [0, 0.05) is 19.4 Å². The van der Waals surface area contributed by atoms with E-state index in [-0.39, 0.29) is 24.5 Å². The van der Waals surface area contributed by atoms with E-state index in [2.05, 4.69) is 12.2 Å². The van der Waals surface area contributed by atoms with Gasteiger partial charge in [0.1, 0.15) is 6.10 Å². The van der Waals surface area contributed by atoms with Gasteiger partial charge in [-0.25, -0.2) is 0 Å². The molecule has 0 aromatic heterocycles. The molecule has 1 amide bonds. The standard InChI is InChI=1S/C25H49NO5/c1-4-5-6-7-8-9-10-11-12-15-18-26-24(29)17-14-13-16-20(2)30-25-23(28)19-22(27)21(3)31-25/h20-23,25,27-28H,4-19H2,1-3H3,(H,26,29)/t20?,21-,22+,23+,25+/m0/s1. The van der Waals surface area contributed by atoms with Gasteiger partial charge in [0.25, 0.3) is 0 Å². The molecule has 0 aromatic rings. The number of carbonyl (C=O) groups excluding carboxylic acids is 1. The quantitative estimate of drug-likeness (QED) is 0.264. The number of aliphatic hydroxyl groups is 2. The monoisotopic (exact) mass is 443 g/mol. The van der Waals surface area contributed by atoms with Crippen LogP contribution in [-0.2, 0) is 14.3 Å². The molecule has 1 rings (SSSR count). The fourth-order valence-electron chi connectivity index (χ4n) is 4.01. The molecule has 0 bridgehead atoms. The first-order valence-corrected chi connectivity index (χ1v) is 12.9. The minimum atomic E-state index is -0.801. The van der Waals surface area contributed by atoms with Crippen molar-refractivity contribution >= 4 is 5.91 Å². The van der Waals surface area contributed by atoms with E-state index in [9.17, 15) is 15.0 Å². The van der Waals surface area contributed by atoms with Gasteiger partial charge < -0.3 is 25.0 Å². The lowest BCUT2D eigenvalue weighted by Crippen LogP contribution is -2.48. The smallest absolute Gasteiger partial charge is 0.219 e. The zero-order chi connectivity index (χ0) is 22.9. The lowest BCUT2D eigenvalue weighted by Gasteiger charge is -2.36. The third-order valence-corrected chi connectivity index (χ3v) is 6.17. The maximum absolute atomic E-state index is 12.0. The normalized spacial score (nSPS) is 24.8. The molecular formula is C25H49NO5. The summed E-state index contributed by atoms with van der Waals surface area (Å²) in [6.45, 7) is 6.78. The Balaban J connectivity index is 1.92. The van der Waals surface area contributed by atoms with E-state index in [4.69, 9.17) is 9.47 Å². The molecule has 0 spiro atoms. The molecule has 184 valence electrons. The van der Waals surface area contributed by atoms with E-state index in [1.807, 2.05) is 6.92 Å². The van der Waals surface area contributed by atoms with Gasteiger partial charge in [-0.05, 0) is 33.1 Å². The first kappa shape index (κ1) is 28.3. The molecule has 1 heterocycles. The number of nitrogens with one attached hydrogen (secondary N) is 1. The van der Waals surface area contributed by atoms with Crippen molar-refractivity contribution in [3.8, 4) is 0 Å². The van der Waals surface area contributed by atoms with E-state index in [1.165, 1.54) is 57.8 Å². The van der Waals surface area contributed by atoms with Crippen LogP contribution in [0.1, 0.15) is 117 Å². The molecule has 5 atom stereocenters. The van der Waals surface area contributed by atoms with Crippen molar-refractivity contribution in [3.63, 3.8) is 0 Å². The Bertz CT molecular complexity index is 448. The number of rotatable bonds is 18. The molecule has 1 saturated heterocycles. The second-order valence-electron chi connectivity index (χ2n) is 9.30. The summed E-state index contributed by atoms with van der Waals surface area (Å²) in [6.07, 6.45) is 13.9. The highest BCUT2D eigenvalue weighted by molar-refractivity contribution is 5.75. The maximum Gasteiger partial charge on any atom is 0.219 e. The van der Waals surface area contributed by atoms with Crippen molar-refractivity contribution < 1.29 is 24.5 Å². The predicted molar refractivity (Wildman–Crippen MR) is 125 cm³/mol. The maximum atomic E-state index is 12.0. The molecule has 1 aliphatic rings. The van der Waals surface area contributed by atoms with Crippen LogP contribution in [0.2, 0.25) is 0 Å². The summed E-state index contributed by atoms with van der Waals surface area (Å²) in [4.78, 5) is 12.0. The number of amides is 1. The summed E-state index contributed by atoms with van der Waals surface area (Å²) in [6, 6.07) is 0. The molecule has 0 radical (unpaired) electrons. The molecule has 6 heteroatoms. The van der Waals surface area contributed by atoms with E-state index < -0.39 is 18.5 Å². The Morgan fingerprint density at radius 1 is 0.968 bits per heavy atom. The highest BCUT2D eigenvalue weighted by Gasteiger charge is 2.35. The van der Waals surface area contributed by atoms with Crippen molar-refractivity contribution in [1.82, 2.24) is 5.32 Å². The van der Waals surface area contributed by atoms with Gasteiger partial charge in [0.15, 0.2) is 6.29 Å². The van der Waals surface area contributed by atoms with Gasteiger partial charge in [-0.1, -0.05) is 71.1 Å². The van der Waals surface area contributed by atoms with E-state index >= 15 is 0 Å². The highest BCUT2D eigenvalue weighted by atomic mass is 16.7. The van der Waals surface area contributed by atoms with Crippen LogP contribution in [0.25, 0.3) is 0 Å². The van der Waals surface area contributed by atoms with Crippen LogP contribution < -0.4 is 5.32 Å². The van der Waals surface area contributed by atoms with Crippen LogP contribution in [0.3, 0.4) is 0 Å². The zero-order valence-electron chi connectivity index (χ0n) is 20.3. The van der Waals surface area contributed by atoms with Gasteiger partial charge in [0.05, 0.1) is 18.3 Å². The van der Waals surface area contributed by atoms with Crippen molar-refractivity contribution in [3.05, 3.63) is 0 Å². The largest absolute Gasteiger partial charge is 0.390 e. The first-order chi connectivity index (χ1) is 14.9. The molecule has 3 N–H and O–H groups in total. The molecule has 0 aromatic carbocycles. The summed E-state index contributed by atoms with van der Waals surface area (Å²) in [5.74, 6) is 0.137. The van der Waals surface area contributed by atoms with E-state index in [0.717, 1.165) is 32.2 Å². The predicted octanol–water partition coefficient (Wildman–Crippen LogP) is 4.85. The third kappa shape index (κ3) is 14.1. The fourth-order valence-corrected chi connectivity index (χ4v) is 4.01. The summed E-state index contributed by atoms with van der Waals surface area (Å²) in [5.41, 5.74) is 0. The molecule has 31 heavy (non-hydrogen) atoms. The Hall–Kier alpha value is -0.690. The number of ether oxygens (including phenoxy) is 2. The molecule has 1 fully saturated rings. The van der Waals surface area contributed by atoms with Crippen LogP contribution in [0.4, 0.5) is 0 Å². The van der Waals surface area contributed by atoms with Crippen molar-refractivity contribution in [2.24, 2.45) is 0 Å². The first-order valence-electron chi connectivity index (χ1n) is 12.9. The van der Waals surface area contributed by atoms with E-state index in [0.29, 0.717) is 6.42 Å². The van der Waals surface area contributed by atoms with Gasteiger partial charge in [-0.3, -0.25) is 4.79 Å². The van der Waals surface area contributed by atoms with Crippen molar-refractivity contribution in [1.29, 1.82) is 0 Å². The van der Waals surface area contributed by atoms with Gasteiger partial charge in [0.2, 0.25) is 5.91 Å². The topological polar surface area (TPSA) is 88.0 Å². The Labute approximate surface area is 190 Å². The average molecular weight is 444 g/mol. The van der Waals surface area contributed by atoms with Crippen LogP contribution in [-0.4, -0.2) is 53.4 Å². The SMILES string of the molecule is CCCCCCCCCCCCNC(=O)CCCCC(C)O[C@@H]1O[C@@H](C)[C@H](O)C[C@H]1O. The van der Waals surface area contributed by atoms with Gasteiger partial charge in [-0.2, -0.15) is 0 Å². The van der Waals surface area contributed by atoms with E-state index in [1.54, 1.807) is 6.92 Å². The summed E-state index contributed by atoms with van der Waals surface area (Å²) < 4.78 is 11.3. The van der Waals surface area contributed by atoms with Gasteiger partial charge >= 0.3 is 0 Å². The molecule has 1 unspecified atom stereocenters. The molecular weight excluding hydrogens is 394 g/mol.